The van der Waals surface area contributed by atoms with Crippen LogP contribution in [-0.2, 0) is 0 Å². The van der Waals surface area contributed by atoms with Crippen molar-refractivity contribution < 1.29 is 23.7 Å². The molecule has 0 aliphatic carbocycles. The molecule has 0 unspecified atom stereocenters. The molecule has 0 saturated carbocycles. The molecule has 0 saturated heterocycles. The Morgan fingerprint density at radius 1 is 1.33 bits per heavy atom. The number of ether oxygens (including phenoxy) is 4. The number of methoxy groups -OCH3 is 2. The zero-order valence-corrected chi connectivity index (χ0v) is 11.7. The summed E-state index contributed by atoms with van der Waals surface area (Å²) in [6.45, 7) is 0.892. The van der Waals surface area contributed by atoms with E-state index in [1.807, 2.05) is 0 Å². The van der Waals surface area contributed by atoms with Crippen molar-refractivity contribution in [3.05, 3.63) is 11.6 Å². The zero-order chi connectivity index (χ0) is 13.1. The van der Waals surface area contributed by atoms with Crippen molar-refractivity contribution in [2.75, 3.05) is 32.8 Å². The molecule has 18 heavy (non-hydrogen) atoms. The molecule has 0 amide bonds. The molecule has 6 heteroatoms. The lowest BCUT2D eigenvalue weighted by molar-refractivity contribution is 0.101. The first-order chi connectivity index (χ1) is 8.72. The van der Waals surface area contributed by atoms with E-state index in [4.69, 9.17) is 18.9 Å². The molecule has 0 atom stereocenters. The third-order valence-corrected chi connectivity index (χ3v) is 3.09. The second-order valence-corrected chi connectivity index (χ2v) is 4.13. The van der Waals surface area contributed by atoms with E-state index in [0.29, 0.717) is 41.8 Å². The molecule has 1 aromatic rings. The van der Waals surface area contributed by atoms with Crippen LogP contribution in [0.1, 0.15) is 10.4 Å². The number of hydrogen-bond acceptors (Lipinski definition) is 5. The quantitative estimate of drug-likeness (QED) is 0.628. The Hall–Kier alpha value is -1.43. The molecule has 0 fully saturated rings. The summed E-state index contributed by atoms with van der Waals surface area (Å²) in [5.41, 5.74) is 0.362. The zero-order valence-electron chi connectivity index (χ0n) is 10.1. The Morgan fingerprint density at radius 3 is 2.67 bits per heavy atom. The average Bonchev–Trinajstić information content (AvgIpc) is 2.44. The van der Waals surface area contributed by atoms with Crippen molar-refractivity contribution in [1.82, 2.24) is 0 Å². The monoisotopic (exact) mass is 316 g/mol. The SMILES string of the molecule is COc1cc2c(c(OC)c1C(=O)CBr)OCCO2. The number of Topliss-reactive ketones (excluding diaryl/α,β-unsaturated/α-hetero) is 1. The summed E-state index contributed by atoms with van der Waals surface area (Å²) in [5, 5.41) is 0.180. The van der Waals surface area contributed by atoms with Gasteiger partial charge in [-0.25, -0.2) is 0 Å². The Balaban J connectivity index is 2.65. The number of hydrogen-bond donors (Lipinski definition) is 0. The van der Waals surface area contributed by atoms with Crippen molar-refractivity contribution in [2.45, 2.75) is 0 Å². The van der Waals surface area contributed by atoms with Gasteiger partial charge in [-0.15, -0.1) is 0 Å². The van der Waals surface area contributed by atoms with Crippen LogP contribution in [0, 0.1) is 0 Å². The predicted octanol–water partition coefficient (Wildman–Crippen LogP) is 2.05. The average molecular weight is 317 g/mol. The number of halogens is 1. The van der Waals surface area contributed by atoms with Gasteiger partial charge in [0.1, 0.15) is 24.5 Å². The van der Waals surface area contributed by atoms with E-state index in [-0.39, 0.29) is 11.1 Å². The fourth-order valence-electron chi connectivity index (χ4n) is 1.82. The van der Waals surface area contributed by atoms with Crippen LogP contribution >= 0.6 is 15.9 Å². The van der Waals surface area contributed by atoms with E-state index in [0.717, 1.165) is 0 Å². The number of ketones is 1. The van der Waals surface area contributed by atoms with Crippen LogP contribution in [0.15, 0.2) is 6.07 Å². The molecule has 0 spiro atoms. The van der Waals surface area contributed by atoms with E-state index >= 15 is 0 Å². The van der Waals surface area contributed by atoms with Gasteiger partial charge in [-0.1, -0.05) is 15.9 Å². The normalized spacial score (nSPS) is 13.1. The predicted molar refractivity (Wildman–Crippen MR) is 68.7 cm³/mol. The van der Waals surface area contributed by atoms with Crippen LogP contribution in [0.4, 0.5) is 0 Å². The van der Waals surface area contributed by atoms with Gasteiger partial charge >= 0.3 is 0 Å². The smallest absolute Gasteiger partial charge is 0.204 e. The fraction of sp³-hybridized carbons (Fsp3) is 0.417. The number of rotatable bonds is 4. The largest absolute Gasteiger partial charge is 0.496 e. The van der Waals surface area contributed by atoms with E-state index in [1.165, 1.54) is 14.2 Å². The molecule has 1 aliphatic heterocycles. The summed E-state index contributed by atoms with van der Waals surface area (Å²) in [7, 11) is 2.98. The van der Waals surface area contributed by atoms with Gasteiger partial charge in [0.05, 0.1) is 19.5 Å². The number of benzene rings is 1. The lowest BCUT2D eigenvalue weighted by Crippen LogP contribution is -2.18. The molecule has 0 N–H and O–H groups in total. The molecule has 1 heterocycles. The standard InChI is InChI=1S/C12H13BrO5/c1-15-8-5-9-11(18-4-3-17-9)12(16-2)10(8)7(14)6-13/h5H,3-4,6H2,1-2H3. The van der Waals surface area contributed by atoms with E-state index in [2.05, 4.69) is 15.9 Å². The molecule has 0 aromatic heterocycles. The van der Waals surface area contributed by atoms with E-state index in [1.54, 1.807) is 6.07 Å². The summed E-state index contributed by atoms with van der Waals surface area (Å²) in [6, 6.07) is 1.65. The highest BCUT2D eigenvalue weighted by molar-refractivity contribution is 9.09. The highest BCUT2D eigenvalue weighted by atomic mass is 79.9. The Morgan fingerprint density at radius 2 is 2.06 bits per heavy atom. The molecular weight excluding hydrogens is 304 g/mol. The first-order valence-electron chi connectivity index (χ1n) is 5.36. The summed E-state index contributed by atoms with van der Waals surface area (Å²) < 4.78 is 21.5. The van der Waals surface area contributed by atoms with Gasteiger partial charge < -0.3 is 18.9 Å². The van der Waals surface area contributed by atoms with Gasteiger partial charge in [-0.05, 0) is 0 Å². The Labute approximate surface area is 113 Å². The van der Waals surface area contributed by atoms with E-state index < -0.39 is 0 Å². The van der Waals surface area contributed by atoms with Gasteiger partial charge in [0, 0.05) is 6.07 Å². The minimum atomic E-state index is -0.138. The molecule has 2 rings (SSSR count). The number of carbonyl (C=O) groups is 1. The van der Waals surface area contributed by atoms with Gasteiger partial charge in [-0.3, -0.25) is 4.79 Å². The van der Waals surface area contributed by atoms with Crippen molar-refractivity contribution >= 4 is 21.7 Å². The van der Waals surface area contributed by atoms with Crippen LogP contribution in [-0.4, -0.2) is 38.5 Å². The van der Waals surface area contributed by atoms with Gasteiger partial charge in [0.15, 0.2) is 17.3 Å². The second kappa shape index (κ2) is 5.48. The first kappa shape index (κ1) is 13.0. The lowest BCUT2D eigenvalue weighted by atomic mass is 10.1. The van der Waals surface area contributed by atoms with E-state index in [9.17, 15) is 4.79 Å². The number of alkyl halides is 1. The Kier molecular flexibility index (Phi) is 3.96. The van der Waals surface area contributed by atoms with Crippen LogP contribution in [0.5, 0.6) is 23.0 Å². The van der Waals surface area contributed by atoms with Gasteiger partial charge in [-0.2, -0.15) is 0 Å². The first-order valence-corrected chi connectivity index (χ1v) is 6.48. The molecule has 0 bridgehead atoms. The highest BCUT2D eigenvalue weighted by Crippen LogP contribution is 2.46. The minimum Gasteiger partial charge on any atom is -0.496 e. The summed E-state index contributed by atoms with van der Waals surface area (Å²) in [6.07, 6.45) is 0. The molecule has 1 aliphatic rings. The maximum Gasteiger partial charge on any atom is 0.204 e. The summed E-state index contributed by atoms with van der Waals surface area (Å²) in [5.74, 6) is 1.62. The summed E-state index contributed by atoms with van der Waals surface area (Å²) in [4.78, 5) is 12.0. The third kappa shape index (κ3) is 2.12. The third-order valence-electron chi connectivity index (χ3n) is 2.58. The van der Waals surface area contributed by atoms with Crippen LogP contribution in [0.3, 0.4) is 0 Å². The molecular formula is C12H13BrO5. The summed E-state index contributed by atoms with van der Waals surface area (Å²) >= 11 is 3.14. The topological polar surface area (TPSA) is 54.0 Å². The number of fused-ring (bicyclic) bond motifs is 1. The highest BCUT2D eigenvalue weighted by Gasteiger charge is 2.27. The Bertz CT molecular complexity index is 472. The van der Waals surface area contributed by atoms with Crippen LogP contribution < -0.4 is 18.9 Å². The number of carbonyl (C=O) groups excluding carboxylic acids is 1. The van der Waals surface area contributed by atoms with Crippen molar-refractivity contribution in [3.8, 4) is 23.0 Å². The maximum absolute atomic E-state index is 12.0. The van der Waals surface area contributed by atoms with Crippen molar-refractivity contribution in [1.29, 1.82) is 0 Å². The van der Waals surface area contributed by atoms with Crippen molar-refractivity contribution in [2.24, 2.45) is 0 Å². The second-order valence-electron chi connectivity index (χ2n) is 3.57. The molecule has 1 aromatic carbocycles. The lowest BCUT2D eigenvalue weighted by Gasteiger charge is -2.23. The fourth-order valence-corrected chi connectivity index (χ4v) is 2.10. The molecule has 5 nitrogen and oxygen atoms in total. The van der Waals surface area contributed by atoms with Gasteiger partial charge in [0.25, 0.3) is 0 Å². The van der Waals surface area contributed by atoms with Crippen molar-refractivity contribution in [3.63, 3.8) is 0 Å². The van der Waals surface area contributed by atoms with Gasteiger partial charge in [0.2, 0.25) is 5.75 Å². The van der Waals surface area contributed by atoms with Crippen LogP contribution in [0.25, 0.3) is 0 Å². The molecule has 98 valence electrons. The minimum absolute atomic E-state index is 0.138. The molecule has 0 radical (unpaired) electrons. The maximum atomic E-state index is 12.0. The van der Waals surface area contributed by atoms with Crippen LogP contribution in [0.2, 0.25) is 0 Å².